The van der Waals surface area contributed by atoms with Crippen molar-refractivity contribution in [2.24, 2.45) is 0 Å². The largest absolute Gasteiger partial charge is 0.453 e. The van der Waals surface area contributed by atoms with E-state index in [9.17, 15) is 0 Å². The number of hydrogen-bond acceptors (Lipinski definition) is 8. The lowest BCUT2D eigenvalue weighted by Crippen LogP contribution is -2.20. The topological polar surface area (TPSA) is 64.5 Å². The van der Waals surface area contributed by atoms with Crippen molar-refractivity contribution in [3.8, 4) is 45.5 Å². The van der Waals surface area contributed by atoms with Crippen LogP contribution in [0.15, 0.2) is 158 Å². The normalized spacial score (nSPS) is 13.0. The maximum Gasteiger partial charge on any atom is 0.227 e. The highest BCUT2D eigenvalue weighted by atomic mass is 32.2. The molecule has 0 atom stereocenters. The van der Waals surface area contributed by atoms with Gasteiger partial charge in [-0.15, -0.1) is 11.3 Å². The second-order valence-corrected chi connectivity index (χ2v) is 15.1. The molecule has 3 aromatic heterocycles. The Morgan fingerprint density at radius 1 is 0.538 bits per heavy atom. The van der Waals surface area contributed by atoms with E-state index in [0.717, 1.165) is 77.9 Å². The highest BCUT2D eigenvalue weighted by molar-refractivity contribution is 8.00. The third-order valence-corrected chi connectivity index (χ3v) is 12.4. The van der Waals surface area contributed by atoms with Gasteiger partial charge in [-0.3, -0.25) is 0 Å². The van der Waals surface area contributed by atoms with Crippen molar-refractivity contribution in [1.29, 1.82) is 0 Å². The number of para-hydroxylation sites is 4. The molecule has 0 aliphatic carbocycles. The van der Waals surface area contributed by atoms with E-state index in [-0.39, 0.29) is 0 Å². The predicted molar refractivity (Wildman–Crippen MR) is 210 cm³/mol. The molecule has 0 fully saturated rings. The number of rotatable bonds is 3. The molecular weight excluding hydrogens is 683 g/mol. The van der Waals surface area contributed by atoms with E-state index in [1.54, 1.807) is 11.8 Å². The Hall–Kier alpha value is -6.35. The van der Waals surface area contributed by atoms with Crippen LogP contribution in [0.4, 0.5) is 17.1 Å². The minimum Gasteiger partial charge on any atom is -0.453 e. The van der Waals surface area contributed by atoms with Gasteiger partial charge in [0.15, 0.2) is 22.7 Å². The van der Waals surface area contributed by atoms with E-state index in [4.69, 9.17) is 23.5 Å². The van der Waals surface area contributed by atoms with Gasteiger partial charge in [-0.25, -0.2) is 9.97 Å². The molecule has 52 heavy (non-hydrogen) atoms. The van der Waals surface area contributed by atoms with Crippen LogP contribution in [-0.4, -0.2) is 9.97 Å². The third-order valence-electron chi connectivity index (χ3n) is 9.91. The molecule has 6 nitrogen and oxygen atoms in total. The first-order valence-electron chi connectivity index (χ1n) is 17.0. The summed E-state index contributed by atoms with van der Waals surface area (Å²) in [5.74, 6) is 2.71. The van der Waals surface area contributed by atoms with Crippen LogP contribution in [0, 0.1) is 0 Å². The smallest absolute Gasteiger partial charge is 0.227 e. The van der Waals surface area contributed by atoms with E-state index in [0.29, 0.717) is 11.8 Å². The van der Waals surface area contributed by atoms with Crippen molar-refractivity contribution >= 4 is 82.5 Å². The fourth-order valence-electron chi connectivity index (χ4n) is 7.53. The van der Waals surface area contributed by atoms with Gasteiger partial charge in [0.1, 0.15) is 16.7 Å². The van der Waals surface area contributed by atoms with Crippen LogP contribution in [0.25, 0.3) is 76.4 Å². The first kappa shape index (κ1) is 28.4. The Balaban J connectivity index is 1.13. The van der Waals surface area contributed by atoms with Gasteiger partial charge in [-0.2, -0.15) is 0 Å². The molecular formula is C44H23N3O3S2. The Morgan fingerprint density at radius 3 is 2.10 bits per heavy atom. The number of thiophene rings is 1. The molecule has 8 heteroatoms. The zero-order valence-corrected chi connectivity index (χ0v) is 28.8. The number of hydrogen-bond donors (Lipinski definition) is 0. The summed E-state index contributed by atoms with van der Waals surface area (Å²) >= 11 is 3.61. The molecule has 0 bridgehead atoms. The van der Waals surface area contributed by atoms with Gasteiger partial charge in [0.05, 0.1) is 21.0 Å². The van der Waals surface area contributed by atoms with Gasteiger partial charge in [0, 0.05) is 31.5 Å². The van der Waals surface area contributed by atoms with Crippen LogP contribution in [0.2, 0.25) is 0 Å². The predicted octanol–water partition coefficient (Wildman–Crippen LogP) is 13.4. The quantitative estimate of drug-likeness (QED) is 0.181. The lowest BCUT2D eigenvalue weighted by atomic mass is 9.97. The summed E-state index contributed by atoms with van der Waals surface area (Å²) in [6.07, 6.45) is 0. The number of ether oxygens (including phenoxy) is 1. The molecule has 2 aliphatic rings. The maximum absolute atomic E-state index is 6.90. The maximum atomic E-state index is 6.90. The van der Waals surface area contributed by atoms with E-state index in [1.807, 2.05) is 72.0 Å². The molecule has 2 aliphatic heterocycles. The van der Waals surface area contributed by atoms with Crippen LogP contribution >= 0.6 is 23.1 Å². The van der Waals surface area contributed by atoms with Crippen LogP contribution < -0.4 is 9.64 Å². The molecule has 0 radical (unpaired) electrons. The van der Waals surface area contributed by atoms with Gasteiger partial charge >= 0.3 is 0 Å². The SMILES string of the molecule is c1ccc(-c2cc3c(cc2-c2nc4ccccc4o2)Sc2c4c(cc5c2sc2ccccc25)Oc2cc(-c5nc6ccccc6o5)ccc2N34)cc1. The summed E-state index contributed by atoms with van der Waals surface area (Å²) in [7, 11) is 0. The number of aromatic nitrogens is 2. The Morgan fingerprint density at radius 2 is 1.27 bits per heavy atom. The van der Waals surface area contributed by atoms with Gasteiger partial charge in [0.2, 0.25) is 11.8 Å². The summed E-state index contributed by atoms with van der Waals surface area (Å²) in [5.41, 5.74) is 10.2. The minimum atomic E-state index is 0.558. The number of fused-ring (bicyclic) bond motifs is 10. The molecule has 7 aromatic carbocycles. The summed E-state index contributed by atoms with van der Waals surface area (Å²) in [4.78, 5) is 14.4. The number of oxazole rings is 2. The van der Waals surface area contributed by atoms with Crippen molar-refractivity contribution in [3.63, 3.8) is 0 Å². The van der Waals surface area contributed by atoms with E-state index >= 15 is 0 Å². The van der Waals surface area contributed by atoms with Crippen LogP contribution in [-0.2, 0) is 0 Å². The van der Waals surface area contributed by atoms with Crippen molar-refractivity contribution in [1.82, 2.24) is 9.97 Å². The van der Waals surface area contributed by atoms with Gasteiger partial charge in [0.25, 0.3) is 0 Å². The van der Waals surface area contributed by atoms with Crippen LogP contribution in [0.3, 0.4) is 0 Å². The lowest BCUT2D eigenvalue weighted by molar-refractivity contribution is 0.476. The summed E-state index contributed by atoms with van der Waals surface area (Å²) in [6, 6.07) is 47.9. The summed E-state index contributed by atoms with van der Waals surface area (Å²) in [6.45, 7) is 0. The molecule has 0 saturated heterocycles. The number of benzene rings is 7. The first-order valence-corrected chi connectivity index (χ1v) is 18.6. The van der Waals surface area contributed by atoms with Gasteiger partial charge < -0.3 is 18.5 Å². The molecule has 10 aromatic rings. The fourth-order valence-corrected chi connectivity index (χ4v) is 10.1. The van der Waals surface area contributed by atoms with Crippen LogP contribution in [0.5, 0.6) is 11.5 Å². The van der Waals surface area contributed by atoms with Gasteiger partial charge in [-0.05, 0) is 77.9 Å². The molecule has 5 heterocycles. The van der Waals surface area contributed by atoms with Gasteiger partial charge in [-0.1, -0.05) is 84.6 Å². The Bertz CT molecular complexity index is 3040. The molecule has 244 valence electrons. The third kappa shape index (κ3) is 4.07. The fraction of sp³-hybridized carbons (Fsp3) is 0. The lowest BCUT2D eigenvalue weighted by Gasteiger charge is -2.39. The number of anilines is 3. The molecule has 0 unspecified atom stereocenters. The second kappa shape index (κ2) is 10.6. The zero-order valence-electron chi connectivity index (χ0n) is 27.2. The average Bonchev–Trinajstić information content (AvgIpc) is 3.93. The average molecular weight is 706 g/mol. The highest BCUT2D eigenvalue weighted by Crippen LogP contribution is 2.64. The van der Waals surface area contributed by atoms with Crippen molar-refractivity contribution in [3.05, 3.63) is 140 Å². The Kier molecular flexibility index (Phi) is 5.77. The van der Waals surface area contributed by atoms with Crippen LogP contribution in [0.1, 0.15) is 0 Å². The standard InChI is InChI=1S/C44H23N3O3S2/c1-2-10-24(11-3-1)27-21-33-39(23-29(27)44-46-31-14-6-8-16-35(31)50-44)52-42-40-37(22-28-26-12-4-9-17-38(26)51-41(28)42)48-36-20-25(18-19-32(36)47(33)40)43-45-30-13-5-7-15-34(30)49-43/h1-23H. The van der Waals surface area contributed by atoms with E-state index < -0.39 is 0 Å². The van der Waals surface area contributed by atoms with Crippen molar-refractivity contribution in [2.75, 3.05) is 4.90 Å². The molecule has 0 saturated carbocycles. The Labute approximate surface area is 304 Å². The number of nitrogens with zero attached hydrogens (tertiary/aromatic N) is 3. The zero-order chi connectivity index (χ0) is 33.9. The molecule has 0 spiro atoms. The highest BCUT2D eigenvalue weighted by Gasteiger charge is 2.37. The monoisotopic (exact) mass is 705 g/mol. The van der Waals surface area contributed by atoms with Crippen molar-refractivity contribution < 1.29 is 13.6 Å². The summed E-state index contributed by atoms with van der Waals surface area (Å²) < 4.78 is 22.0. The van der Waals surface area contributed by atoms with E-state index in [2.05, 4.69) is 83.8 Å². The molecule has 0 amide bonds. The first-order chi connectivity index (χ1) is 25.7. The minimum absolute atomic E-state index is 0.558. The second-order valence-electron chi connectivity index (χ2n) is 13.0. The van der Waals surface area contributed by atoms with Crippen molar-refractivity contribution in [2.45, 2.75) is 9.79 Å². The molecule has 0 N–H and O–H groups in total. The molecule has 12 rings (SSSR count). The summed E-state index contributed by atoms with van der Waals surface area (Å²) in [5, 5.41) is 2.41. The van der Waals surface area contributed by atoms with E-state index in [1.165, 1.54) is 25.1 Å².